The highest BCUT2D eigenvalue weighted by Gasteiger charge is 2.53. The van der Waals surface area contributed by atoms with Crippen molar-refractivity contribution in [3.05, 3.63) is 47.9 Å². The normalized spacial score (nSPS) is 21.7. The molecule has 2 amide bonds. The second-order valence-electron chi connectivity index (χ2n) is 7.02. The molecule has 0 unspecified atom stereocenters. The first-order chi connectivity index (χ1) is 12.6. The summed E-state index contributed by atoms with van der Waals surface area (Å²) in [5.41, 5.74) is 3.99. The smallest absolute Gasteiger partial charge is 0.311 e. The molecular weight excluding hydrogens is 353 g/mol. The van der Waals surface area contributed by atoms with E-state index in [0.717, 1.165) is 0 Å². The van der Waals surface area contributed by atoms with E-state index in [1.807, 2.05) is 0 Å². The molecule has 3 N–H and O–H groups in total. The number of oxazole rings is 1. The maximum absolute atomic E-state index is 14.7. The largest absolute Gasteiger partial charge is 0.441 e. The lowest BCUT2D eigenvalue weighted by Crippen LogP contribution is -2.58. The number of hydrogen-bond donors (Lipinski definition) is 2. The highest BCUT2D eigenvalue weighted by atomic mass is 19.1. The minimum atomic E-state index is -1.27. The maximum atomic E-state index is 14.7. The predicted octanol–water partition coefficient (Wildman–Crippen LogP) is 2.09. The number of hydrogen-bond acceptors (Lipinski definition) is 6. The van der Waals surface area contributed by atoms with E-state index in [9.17, 15) is 14.0 Å². The number of amides is 2. The Balaban J connectivity index is 2.06. The molecule has 1 aromatic carbocycles. The van der Waals surface area contributed by atoms with E-state index < -0.39 is 22.7 Å². The number of rotatable bonds is 3. The molecule has 2 heterocycles. The minimum Gasteiger partial charge on any atom is -0.441 e. The zero-order valence-electron chi connectivity index (χ0n) is 15.4. The summed E-state index contributed by atoms with van der Waals surface area (Å²) < 4.78 is 19.7. The van der Waals surface area contributed by atoms with Crippen LogP contribution >= 0.6 is 0 Å². The van der Waals surface area contributed by atoms with Crippen molar-refractivity contribution in [3.63, 3.8) is 0 Å². The lowest BCUT2D eigenvalue weighted by atomic mass is 9.67. The third-order valence-corrected chi connectivity index (χ3v) is 5.11. The molecule has 3 rings (SSSR count). The summed E-state index contributed by atoms with van der Waals surface area (Å²) in [4.78, 5) is 34.3. The molecule has 8 nitrogen and oxygen atoms in total. The molecule has 27 heavy (non-hydrogen) atoms. The Bertz CT molecular complexity index is 938. The summed E-state index contributed by atoms with van der Waals surface area (Å²) in [6, 6.07) is 4.05. The van der Waals surface area contributed by atoms with Crippen LogP contribution in [0.3, 0.4) is 0 Å². The lowest BCUT2D eigenvalue weighted by Gasteiger charge is -2.46. The second-order valence-corrected chi connectivity index (χ2v) is 7.02. The number of guanidine groups is 1. The van der Waals surface area contributed by atoms with Crippen LogP contribution in [0.5, 0.6) is 0 Å². The number of halogens is 1. The fourth-order valence-corrected chi connectivity index (χ4v) is 3.07. The number of carbonyl (C=O) groups is 2. The van der Waals surface area contributed by atoms with Crippen molar-refractivity contribution in [2.75, 3.05) is 12.4 Å². The molecule has 0 spiro atoms. The summed E-state index contributed by atoms with van der Waals surface area (Å²) in [7, 11) is 1.52. The Labute approximate surface area is 155 Å². The molecule has 1 atom stereocenters. The first-order valence-electron chi connectivity index (χ1n) is 8.22. The van der Waals surface area contributed by atoms with E-state index in [4.69, 9.17) is 10.2 Å². The topological polar surface area (TPSA) is 114 Å². The van der Waals surface area contributed by atoms with Gasteiger partial charge in [-0.1, -0.05) is 0 Å². The number of nitrogens with zero attached hydrogens (tertiary/aromatic N) is 3. The average molecular weight is 373 g/mol. The van der Waals surface area contributed by atoms with Crippen LogP contribution in [0.25, 0.3) is 0 Å². The van der Waals surface area contributed by atoms with Crippen LogP contribution in [0.4, 0.5) is 10.1 Å². The molecule has 0 radical (unpaired) electrons. The van der Waals surface area contributed by atoms with Gasteiger partial charge in [-0.25, -0.2) is 14.4 Å². The highest BCUT2D eigenvalue weighted by Crippen LogP contribution is 2.47. The van der Waals surface area contributed by atoms with Gasteiger partial charge in [0.2, 0.25) is 5.91 Å². The van der Waals surface area contributed by atoms with Crippen LogP contribution in [0.2, 0.25) is 0 Å². The fourth-order valence-electron chi connectivity index (χ4n) is 3.07. The molecule has 0 fully saturated rings. The third-order valence-electron chi connectivity index (χ3n) is 5.11. The molecule has 0 saturated heterocycles. The number of aromatic nitrogens is 1. The molecule has 0 aliphatic carbocycles. The number of carbonyl (C=O) groups excluding carboxylic acids is 2. The Morgan fingerprint density at radius 3 is 2.67 bits per heavy atom. The van der Waals surface area contributed by atoms with Crippen molar-refractivity contribution < 1.29 is 18.4 Å². The SMILES string of the molecule is CN1C(=O)C(C)(C)[C@@](C)(c2cc(NC(=O)c3ncco3)ccc2F)N=C1N. The van der Waals surface area contributed by atoms with Gasteiger partial charge in [0.25, 0.3) is 5.89 Å². The van der Waals surface area contributed by atoms with E-state index >= 15 is 0 Å². The zero-order chi connectivity index (χ0) is 20.0. The number of nitrogens with one attached hydrogen (secondary N) is 1. The van der Waals surface area contributed by atoms with Crippen LogP contribution in [0.15, 0.2) is 40.1 Å². The lowest BCUT2D eigenvalue weighted by molar-refractivity contribution is -0.140. The zero-order valence-corrected chi connectivity index (χ0v) is 15.4. The number of aliphatic imine (C=N–C) groups is 1. The van der Waals surface area contributed by atoms with Crippen molar-refractivity contribution in [1.29, 1.82) is 0 Å². The molecule has 0 saturated carbocycles. The van der Waals surface area contributed by atoms with Crippen LogP contribution in [0, 0.1) is 11.2 Å². The third kappa shape index (κ3) is 2.84. The van der Waals surface area contributed by atoms with E-state index in [-0.39, 0.29) is 23.3 Å². The summed E-state index contributed by atoms with van der Waals surface area (Å²) in [5, 5.41) is 2.59. The van der Waals surface area contributed by atoms with Crippen LogP contribution in [-0.4, -0.2) is 34.7 Å². The molecule has 142 valence electrons. The van der Waals surface area contributed by atoms with Gasteiger partial charge in [0.1, 0.15) is 17.6 Å². The van der Waals surface area contributed by atoms with Crippen molar-refractivity contribution in [2.24, 2.45) is 16.1 Å². The van der Waals surface area contributed by atoms with E-state index in [2.05, 4.69) is 15.3 Å². The van der Waals surface area contributed by atoms with Gasteiger partial charge < -0.3 is 15.5 Å². The maximum Gasteiger partial charge on any atom is 0.311 e. The molecule has 2 aromatic rings. The number of anilines is 1. The van der Waals surface area contributed by atoms with Crippen LogP contribution in [0.1, 0.15) is 37.0 Å². The average Bonchev–Trinajstić information content (AvgIpc) is 3.15. The Kier molecular flexibility index (Phi) is 4.25. The number of benzene rings is 1. The van der Waals surface area contributed by atoms with Crippen molar-refractivity contribution in [2.45, 2.75) is 26.3 Å². The molecular formula is C18H20FN5O3. The Morgan fingerprint density at radius 1 is 1.33 bits per heavy atom. The molecule has 1 aliphatic heterocycles. The second kappa shape index (κ2) is 6.19. The van der Waals surface area contributed by atoms with Gasteiger partial charge in [0.15, 0.2) is 5.96 Å². The van der Waals surface area contributed by atoms with Gasteiger partial charge in [0, 0.05) is 18.3 Å². The molecule has 1 aliphatic rings. The minimum absolute atomic E-state index is 0.00421. The summed E-state index contributed by atoms with van der Waals surface area (Å²) in [6.45, 7) is 5.00. The first kappa shape index (κ1) is 18.6. The van der Waals surface area contributed by atoms with E-state index in [1.54, 1.807) is 20.8 Å². The quantitative estimate of drug-likeness (QED) is 0.855. The Morgan fingerprint density at radius 2 is 2.04 bits per heavy atom. The van der Waals surface area contributed by atoms with Gasteiger partial charge in [-0.15, -0.1) is 0 Å². The first-order valence-corrected chi connectivity index (χ1v) is 8.22. The van der Waals surface area contributed by atoms with E-state index in [0.29, 0.717) is 5.69 Å². The van der Waals surface area contributed by atoms with Gasteiger partial charge in [-0.05, 0) is 39.0 Å². The Hall–Kier alpha value is -3.23. The van der Waals surface area contributed by atoms with Gasteiger partial charge in [-0.3, -0.25) is 14.5 Å². The van der Waals surface area contributed by atoms with Gasteiger partial charge in [-0.2, -0.15) is 0 Å². The van der Waals surface area contributed by atoms with Gasteiger partial charge >= 0.3 is 5.91 Å². The molecule has 1 aromatic heterocycles. The molecule has 0 bridgehead atoms. The highest BCUT2D eigenvalue weighted by molar-refractivity contribution is 6.02. The van der Waals surface area contributed by atoms with Crippen molar-refractivity contribution in [1.82, 2.24) is 9.88 Å². The van der Waals surface area contributed by atoms with Crippen molar-refractivity contribution >= 4 is 23.5 Å². The van der Waals surface area contributed by atoms with Crippen molar-refractivity contribution in [3.8, 4) is 0 Å². The number of nitrogens with two attached hydrogens (primary N) is 1. The summed E-state index contributed by atoms with van der Waals surface area (Å²) >= 11 is 0. The van der Waals surface area contributed by atoms with Gasteiger partial charge in [0.05, 0.1) is 11.6 Å². The predicted molar refractivity (Wildman–Crippen MR) is 96.4 cm³/mol. The monoisotopic (exact) mass is 373 g/mol. The van der Waals surface area contributed by atoms with Crippen LogP contribution < -0.4 is 11.1 Å². The fraction of sp³-hybridized carbons (Fsp3) is 0.333. The molecule has 9 heteroatoms. The summed E-state index contributed by atoms with van der Waals surface area (Å²) in [5.74, 6) is -1.55. The standard InChI is InChI=1S/C18H20FN5O3/c1-17(2)15(26)24(4)16(20)23-18(17,3)11-9-10(5-6-12(11)19)22-13(25)14-21-7-8-27-14/h5-9H,1-4H3,(H2,20,23)(H,22,25)/t18-/m1/s1. The summed E-state index contributed by atoms with van der Waals surface area (Å²) in [6.07, 6.45) is 2.62. The van der Waals surface area contributed by atoms with E-state index in [1.165, 1.54) is 42.6 Å². The van der Waals surface area contributed by atoms with Crippen LogP contribution in [-0.2, 0) is 10.3 Å².